The Kier molecular flexibility index (Phi) is 4.38. The van der Waals surface area contributed by atoms with Crippen molar-refractivity contribution < 1.29 is 8.42 Å². The summed E-state index contributed by atoms with van der Waals surface area (Å²) in [7, 11) is -3.38. The Balaban J connectivity index is 2.42. The van der Waals surface area contributed by atoms with E-state index in [4.69, 9.17) is 0 Å². The van der Waals surface area contributed by atoms with Gasteiger partial charge in [0.25, 0.3) is 0 Å². The fourth-order valence-corrected chi connectivity index (χ4v) is 5.84. The minimum Gasteiger partial charge on any atom is -0.207 e. The molecule has 0 bridgehead atoms. The molecule has 3 nitrogen and oxygen atoms in total. The lowest BCUT2D eigenvalue weighted by Gasteiger charge is -2.25. The summed E-state index contributed by atoms with van der Waals surface area (Å²) in [4.78, 5) is 0.443. The molecule has 19 heavy (non-hydrogen) atoms. The highest BCUT2D eigenvalue weighted by Gasteiger charge is 2.39. The molecule has 1 heterocycles. The van der Waals surface area contributed by atoms with Gasteiger partial charge in [-0.1, -0.05) is 40.5 Å². The third-order valence-corrected chi connectivity index (χ3v) is 6.65. The molecular formula is C14H20BrNO2S. The highest BCUT2D eigenvalue weighted by atomic mass is 79.9. The molecule has 1 fully saturated rings. The maximum atomic E-state index is 12.8. The monoisotopic (exact) mass is 345 g/mol. The van der Waals surface area contributed by atoms with Gasteiger partial charge in [0, 0.05) is 17.9 Å². The molecule has 1 aliphatic heterocycles. The predicted octanol–water partition coefficient (Wildman–Crippen LogP) is 3.10. The summed E-state index contributed by atoms with van der Waals surface area (Å²) < 4.78 is 27.2. The first-order valence-corrected chi connectivity index (χ1v) is 9.09. The van der Waals surface area contributed by atoms with E-state index >= 15 is 0 Å². The Hall–Kier alpha value is -0.390. The molecule has 0 aliphatic carbocycles. The summed E-state index contributed by atoms with van der Waals surface area (Å²) in [6.45, 7) is 6.57. The smallest absolute Gasteiger partial charge is 0.207 e. The SMILES string of the molecule is Cc1ccc(S(=O)(=O)N2CCC(C)C2CBr)c(C)c1. The lowest BCUT2D eigenvalue weighted by molar-refractivity contribution is 0.378. The molecule has 2 atom stereocenters. The summed E-state index contributed by atoms with van der Waals surface area (Å²) in [6.07, 6.45) is 0.931. The number of benzene rings is 1. The molecule has 2 rings (SSSR count). The van der Waals surface area contributed by atoms with Gasteiger partial charge in [-0.05, 0) is 37.8 Å². The van der Waals surface area contributed by atoms with Gasteiger partial charge in [0.05, 0.1) is 4.90 Å². The number of aryl methyl sites for hydroxylation is 2. The van der Waals surface area contributed by atoms with Gasteiger partial charge in [-0.25, -0.2) is 8.42 Å². The van der Waals surface area contributed by atoms with Crippen LogP contribution in [0.4, 0.5) is 0 Å². The Morgan fingerprint density at radius 1 is 1.37 bits per heavy atom. The standard InChI is InChI=1S/C14H20BrNO2S/c1-10-4-5-14(12(3)8-10)19(17,18)16-7-6-11(2)13(16)9-15/h4-5,8,11,13H,6-7,9H2,1-3H3. The van der Waals surface area contributed by atoms with Gasteiger partial charge >= 0.3 is 0 Å². The van der Waals surface area contributed by atoms with E-state index in [9.17, 15) is 8.42 Å². The van der Waals surface area contributed by atoms with Crippen LogP contribution in [0.3, 0.4) is 0 Å². The molecule has 0 saturated carbocycles. The van der Waals surface area contributed by atoms with Gasteiger partial charge in [0.15, 0.2) is 0 Å². The number of sulfonamides is 1. The van der Waals surface area contributed by atoms with Gasteiger partial charge < -0.3 is 0 Å². The quantitative estimate of drug-likeness (QED) is 0.789. The van der Waals surface area contributed by atoms with Crippen LogP contribution in [0.2, 0.25) is 0 Å². The largest absolute Gasteiger partial charge is 0.243 e. The van der Waals surface area contributed by atoms with Crippen molar-refractivity contribution >= 4 is 26.0 Å². The van der Waals surface area contributed by atoms with Gasteiger partial charge in [0.2, 0.25) is 10.0 Å². The highest BCUT2D eigenvalue weighted by Crippen LogP contribution is 2.32. The van der Waals surface area contributed by atoms with Crippen LogP contribution in [0.15, 0.2) is 23.1 Å². The first kappa shape index (κ1) is 15.0. The molecule has 0 spiro atoms. The number of hydrogen-bond donors (Lipinski definition) is 0. The second kappa shape index (κ2) is 5.54. The Morgan fingerprint density at radius 2 is 2.05 bits per heavy atom. The molecule has 5 heteroatoms. The summed E-state index contributed by atoms with van der Waals surface area (Å²) in [6, 6.07) is 5.58. The second-order valence-electron chi connectivity index (χ2n) is 5.37. The lowest BCUT2D eigenvalue weighted by atomic mass is 10.1. The molecule has 0 radical (unpaired) electrons. The number of alkyl halides is 1. The van der Waals surface area contributed by atoms with Crippen LogP contribution in [-0.2, 0) is 10.0 Å². The minimum absolute atomic E-state index is 0.0608. The fraction of sp³-hybridized carbons (Fsp3) is 0.571. The van der Waals surface area contributed by atoms with Crippen LogP contribution in [0.1, 0.15) is 24.5 Å². The van der Waals surface area contributed by atoms with Crippen LogP contribution in [0.25, 0.3) is 0 Å². The third-order valence-electron chi connectivity index (χ3n) is 3.91. The summed E-state index contributed by atoms with van der Waals surface area (Å²) in [5, 5.41) is 0.693. The van der Waals surface area contributed by atoms with Crippen molar-refractivity contribution in [2.24, 2.45) is 5.92 Å². The zero-order valence-corrected chi connectivity index (χ0v) is 14.0. The van der Waals surface area contributed by atoms with Crippen molar-refractivity contribution in [2.45, 2.75) is 38.1 Å². The van der Waals surface area contributed by atoms with Gasteiger partial charge in [0.1, 0.15) is 0 Å². The van der Waals surface area contributed by atoms with E-state index in [0.717, 1.165) is 17.5 Å². The van der Waals surface area contributed by atoms with Crippen LogP contribution in [0.5, 0.6) is 0 Å². The summed E-state index contributed by atoms with van der Waals surface area (Å²) in [5.41, 5.74) is 1.91. The minimum atomic E-state index is -3.38. The second-order valence-corrected chi connectivity index (χ2v) is 7.88. The van der Waals surface area contributed by atoms with E-state index < -0.39 is 10.0 Å². The normalized spacial score (nSPS) is 24.8. The molecular weight excluding hydrogens is 326 g/mol. The predicted molar refractivity (Wildman–Crippen MR) is 81.2 cm³/mol. The molecule has 2 unspecified atom stereocenters. The molecule has 1 saturated heterocycles. The number of halogens is 1. The van der Waals surface area contributed by atoms with Crippen molar-refractivity contribution in [3.8, 4) is 0 Å². The molecule has 0 N–H and O–H groups in total. The average Bonchev–Trinajstić information content (AvgIpc) is 2.70. The maximum absolute atomic E-state index is 12.8. The molecule has 1 aliphatic rings. The maximum Gasteiger partial charge on any atom is 0.243 e. The van der Waals surface area contributed by atoms with Crippen molar-refractivity contribution in [1.29, 1.82) is 0 Å². The van der Waals surface area contributed by atoms with E-state index in [0.29, 0.717) is 22.7 Å². The van der Waals surface area contributed by atoms with Crippen LogP contribution in [-0.4, -0.2) is 30.6 Å². The van der Waals surface area contributed by atoms with E-state index in [1.165, 1.54) is 0 Å². The van der Waals surface area contributed by atoms with Gasteiger partial charge in [-0.2, -0.15) is 4.31 Å². The molecule has 106 valence electrons. The summed E-state index contributed by atoms with van der Waals surface area (Å²) in [5.74, 6) is 0.403. The zero-order valence-electron chi connectivity index (χ0n) is 11.6. The highest BCUT2D eigenvalue weighted by molar-refractivity contribution is 9.09. The van der Waals surface area contributed by atoms with Crippen molar-refractivity contribution in [3.05, 3.63) is 29.3 Å². The van der Waals surface area contributed by atoms with Crippen molar-refractivity contribution in [1.82, 2.24) is 4.31 Å². The molecule has 1 aromatic rings. The summed E-state index contributed by atoms with van der Waals surface area (Å²) >= 11 is 3.45. The fourth-order valence-electron chi connectivity index (χ4n) is 2.72. The Bertz CT molecular complexity index is 571. The molecule has 1 aromatic carbocycles. The van der Waals surface area contributed by atoms with Gasteiger partial charge in [-0.3, -0.25) is 0 Å². The van der Waals surface area contributed by atoms with Crippen LogP contribution < -0.4 is 0 Å². The van der Waals surface area contributed by atoms with Crippen molar-refractivity contribution in [3.63, 3.8) is 0 Å². The Labute approximate surface area is 124 Å². The topological polar surface area (TPSA) is 37.4 Å². The molecule has 0 amide bonds. The first-order chi connectivity index (χ1) is 8.87. The van der Waals surface area contributed by atoms with Crippen LogP contribution >= 0.6 is 15.9 Å². The van der Waals surface area contributed by atoms with Gasteiger partial charge in [-0.15, -0.1) is 0 Å². The number of nitrogens with zero attached hydrogens (tertiary/aromatic N) is 1. The van der Waals surface area contributed by atoms with E-state index in [1.807, 2.05) is 26.0 Å². The van der Waals surface area contributed by atoms with E-state index in [-0.39, 0.29) is 6.04 Å². The molecule has 0 aromatic heterocycles. The van der Waals surface area contributed by atoms with Crippen LogP contribution in [0, 0.1) is 19.8 Å². The third kappa shape index (κ3) is 2.73. The van der Waals surface area contributed by atoms with Crippen molar-refractivity contribution in [2.75, 3.05) is 11.9 Å². The zero-order chi connectivity index (χ0) is 14.2. The Morgan fingerprint density at radius 3 is 2.63 bits per heavy atom. The lowest BCUT2D eigenvalue weighted by Crippen LogP contribution is -2.38. The number of hydrogen-bond acceptors (Lipinski definition) is 2. The van der Waals surface area contributed by atoms with E-state index in [2.05, 4.69) is 22.9 Å². The first-order valence-electron chi connectivity index (χ1n) is 6.53. The number of rotatable bonds is 3. The average molecular weight is 346 g/mol. The van der Waals surface area contributed by atoms with E-state index in [1.54, 1.807) is 10.4 Å².